The van der Waals surface area contributed by atoms with Gasteiger partial charge >= 0.3 is 0 Å². The van der Waals surface area contributed by atoms with Gasteiger partial charge in [0.2, 0.25) is 0 Å². The zero-order valence-corrected chi connectivity index (χ0v) is 9.44. The molecule has 2 atom stereocenters. The Bertz CT molecular complexity index is 331. The molecule has 0 aliphatic heterocycles. The fourth-order valence-corrected chi connectivity index (χ4v) is 1.48. The zero-order chi connectivity index (χ0) is 11.6. The van der Waals surface area contributed by atoms with Gasteiger partial charge in [0, 0.05) is 5.56 Å². The van der Waals surface area contributed by atoms with E-state index in [-0.39, 0.29) is 11.2 Å². The van der Waals surface area contributed by atoms with Gasteiger partial charge in [-0.15, -0.1) is 0 Å². The van der Waals surface area contributed by atoms with Crippen LogP contribution in [-0.4, -0.2) is 16.3 Å². The smallest absolute Gasteiger partial charge is 0.120 e. The van der Waals surface area contributed by atoms with Gasteiger partial charge in [-0.3, -0.25) is 0 Å². The maximum Gasteiger partial charge on any atom is 0.120 e. The predicted molar refractivity (Wildman–Crippen MR) is 60.5 cm³/mol. The lowest BCUT2D eigenvalue weighted by atomic mass is 9.82. The van der Waals surface area contributed by atoms with E-state index in [9.17, 15) is 10.2 Å². The van der Waals surface area contributed by atoms with Crippen LogP contribution in [0.15, 0.2) is 24.3 Å². The van der Waals surface area contributed by atoms with Crippen molar-refractivity contribution in [2.75, 3.05) is 0 Å². The van der Waals surface area contributed by atoms with E-state index in [1.165, 1.54) is 0 Å². The van der Waals surface area contributed by atoms with Crippen LogP contribution in [0, 0.1) is 5.41 Å². The fourth-order valence-electron chi connectivity index (χ4n) is 1.48. The van der Waals surface area contributed by atoms with Crippen molar-refractivity contribution in [3.8, 4) is 5.75 Å². The number of aromatic hydroxyl groups is 1. The molecule has 0 spiro atoms. The number of rotatable bonds is 2. The Morgan fingerprint density at radius 2 is 1.73 bits per heavy atom. The SMILES string of the molecule is CC(C)(C)[C@@H](O)[C@@H](N)c1ccccc1O. The van der Waals surface area contributed by atoms with Crippen LogP contribution in [0.1, 0.15) is 32.4 Å². The van der Waals surface area contributed by atoms with Gasteiger partial charge in [0.25, 0.3) is 0 Å². The highest BCUT2D eigenvalue weighted by Gasteiger charge is 2.30. The van der Waals surface area contributed by atoms with Crippen LogP contribution in [-0.2, 0) is 0 Å². The topological polar surface area (TPSA) is 66.5 Å². The third-order valence-electron chi connectivity index (χ3n) is 2.52. The minimum Gasteiger partial charge on any atom is -0.508 e. The first-order valence-electron chi connectivity index (χ1n) is 5.05. The number of aliphatic hydroxyl groups is 1. The Morgan fingerprint density at radius 3 is 2.20 bits per heavy atom. The first kappa shape index (κ1) is 12.0. The van der Waals surface area contributed by atoms with Crippen molar-refractivity contribution in [3.63, 3.8) is 0 Å². The largest absolute Gasteiger partial charge is 0.508 e. The van der Waals surface area contributed by atoms with E-state index in [4.69, 9.17) is 5.73 Å². The maximum atomic E-state index is 10.00. The van der Waals surface area contributed by atoms with E-state index in [1.807, 2.05) is 20.8 Å². The maximum absolute atomic E-state index is 10.00. The summed E-state index contributed by atoms with van der Waals surface area (Å²) in [5, 5.41) is 19.6. The Morgan fingerprint density at radius 1 is 1.20 bits per heavy atom. The molecule has 0 heterocycles. The van der Waals surface area contributed by atoms with E-state index < -0.39 is 12.1 Å². The Balaban J connectivity index is 2.95. The van der Waals surface area contributed by atoms with Gasteiger partial charge in [-0.05, 0) is 11.5 Å². The molecular weight excluding hydrogens is 190 g/mol. The molecule has 0 aromatic heterocycles. The summed E-state index contributed by atoms with van der Waals surface area (Å²) in [6.07, 6.45) is -0.689. The van der Waals surface area contributed by atoms with Crippen molar-refractivity contribution in [1.29, 1.82) is 0 Å². The molecular formula is C12H19NO2. The van der Waals surface area contributed by atoms with Crippen LogP contribution in [0.4, 0.5) is 0 Å². The molecule has 4 N–H and O–H groups in total. The summed E-state index contributed by atoms with van der Waals surface area (Å²) in [5.74, 6) is 0.133. The summed E-state index contributed by atoms with van der Waals surface area (Å²) in [5.41, 5.74) is 6.19. The molecule has 0 fully saturated rings. The third-order valence-corrected chi connectivity index (χ3v) is 2.52. The third kappa shape index (κ3) is 2.70. The van der Waals surface area contributed by atoms with Gasteiger partial charge < -0.3 is 15.9 Å². The lowest BCUT2D eigenvalue weighted by Crippen LogP contribution is -2.36. The molecule has 1 aromatic rings. The lowest BCUT2D eigenvalue weighted by molar-refractivity contribution is 0.0395. The van der Waals surface area contributed by atoms with Crippen molar-refractivity contribution in [3.05, 3.63) is 29.8 Å². The first-order valence-corrected chi connectivity index (χ1v) is 5.05. The van der Waals surface area contributed by atoms with Gasteiger partial charge in [-0.2, -0.15) is 0 Å². The van der Waals surface area contributed by atoms with E-state index in [0.717, 1.165) is 0 Å². The van der Waals surface area contributed by atoms with Crippen molar-refractivity contribution in [2.45, 2.75) is 32.9 Å². The number of benzene rings is 1. The minimum atomic E-state index is -0.689. The zero-order valence-electron chi connectivity index (χ0n) is 9.44. The highest BCUT2D eigenvalue weighted by Crippen LogP contribution is 2.32. The second kappa shape index (κ2) is 4.21. The molecule has 0 bridgehead atoms. The standard InChI is InChI=1S/C12H19NO2/c1-12(2,3)11(15)10(13)8-6-4-5-7-9(8)14/h4-7,10-11,14-15H,13H2,1-3H3/t10-,11-/m0/s1. The van der Waals surface area contributed by atoms with Crippen LogP contribution in [0.3, 0.4) is 0 Å². The molecule has 3 nitrogen and oxygen atoms in total. The van der Waals surface area contributed by atoms with Gasteiger partial charge in [0.05, 0.1) is 12.1 Å². The number of hydrogen-bond donors (Lipinski definition) is 3. The first-order chi connectivity index (χ1) is 6.84. The molecule has 0 aliphatic rings. The molecule has 0 radical (unpaired) electrons. The number of hydrogen-bond acceptors (Lipinski definition) is 3. The second-order valence-corrected chi connectivity index (χ2v) is 4.90. The van der Waals surface area contributed by atoms with Crippen LogP contribution in [0.2, 0.25) is 0 Å². The Labute approximate surface area is 90.5 Å². The van der Waals surface area contributed by atoms with Gasteiger partial charge in [0.1, 0.15) is 5.75 Å². The summed E-state index contributed by atoms with van der Waals surface area (Å²) in [4.78, 5) is 0. The van der Waals surface area contributed by atoms with E-state index >= 15 is 0 Å². The number of phenols is 1. The summed E-state index contributed by atoms with van der Waals surface area (Å²) in [7, 11) is 0. The van der Waals surface area contributed by atoms with Gasteiger partial charge in [0.15, 0.2) is 0 Å². The minimum absolute atomic E-state index is 0.133. The second-order valence-electron chi connectivity index (χ2n) is 4.90. The van der Waals surface area contributed by atoms with Crippen molar-refractivity contribution >= 4 is 0 Å². The normalized spacial score (nSPS) is 16.1. The molecule has 84 valence electrons. The Hall–Kier alpha value is -1.06. The van der Waals surface area contributed by atoms with E-state index in [0.29, 0.717) is 5.56 Å². The van der Waals surface area contributed by atoms with E-state index in [1.54, 1.807) is 24.3 Å². The van der Waals surface area contributed by atoms with Gasteiger partial charge in [-0.1, -0.05) is 39.0 Å². The van der Waals surface area contributed by atoms with Crippen LogP contribution >= 0.6 is 0 Å². The monoisotopic (exact) mass is 209 g/mol. The average molecular weight is 209 g/mol. The van der Waals surface area contributed by atoms with Gasteiger partial charge in [-0.25, -0.2) is 0 Å². The molecule has 1 aromatic carbocycles. The molecule has 0 unspecified atom stereocenters. The highest BCUT2D eigenvalue weighted by atomic mass is 16.3. The Kier molecular flexibility index (Phi) is 3.37. The molecule has 3 heteroatoms. The summed E-state index contributed by atoms with van der Waals surface area (Å²) >= 11 is 0. The predicted octanol–water partition coefficient (Wildman–Crippen LogP) is 1.80. The highest BCUT2D eigenvalue weighted by molar-refractivity contribution is 5.35. The number of para-hydroxylation sites is 1. The molecule has 15 heavy (non-hydrogen) atoms. The number of aliphatic hydroxyl groups excluding tert-OH is 1. The van der Waals surface area contributed by atoms with Crippen LogP contribution < -0.4 is 5.73 Å². The molecule has 0 saturated carbocycles. The molecule has 0 amide bonds. The quantitative estimate of drug-likeness (QED) is 0.695. The number of nitrogens with two attached hydrogens (primary N) is 1. The summed E-state index contributed by atoms with van der Waals surface area (Å²) < 4.78 is 0. The van der Waals surface area contributed by atoms with Crippen molar-refractivity contribution in [1.82, 2.24) is 0 Å². The average Bonchev–Trinajstić information content (AvgIpc) is 2.15. The lowest BCUT2D eigenvalue weighted by Gasteiger charge is -2.31. The van der Waals surface area contributed by atoms with Crippen molar-refractivity contribution in [2.24, 2.45) is 11.1 Å². The van der Waals surface area contributed by atoms with Crippen LogP contribution in [0.25, 0.3) is 0 Å². The summed E-state index contributed by atoms with van der Waals surface area (Å²) in [6.45, 7) is 5.74. The summed E-state index contributed by atoms with van der Waals surface area (Å²) in [6, 6.07) is 6.27. The number of phenolic OH excluding ortho intramolecular Hbond substituents is 1. The van der Waals surface area contributed by atoms with Crippen molar-refractivity contribution < 1.29 is 10.2 Å². The van der Waals surface area contributed by atoms with Crippen LogP contribution in [0.5, 0.6) is 5.75 Å². The fraction of sp³-hybridized carbons (Fsp3) is 0.500. The molecule has 0 saturated heterocycles. The molecule has 0 aliphatic carbocycles. The molecule has 1 rings (SSSR count). The van der Waals surface area contributed by atoms with E-state index in [2.05, 4.69) is 0 Å².